The zero-order valence-electron chi connectivity index (χ0n) is 10.1. The molecule has 1 amide bonds. The van der Waals surface area contributed by atoms with Crippen molar-refractivity contribution in [3.05, 3.63) is 0 Å². The topological polar surface area (TPSA) is 44.1 Å². The lowest BCUT2D eigenvalue weighted by Gasteiger charge is -2.38. The van der Waals surface area contributed by atoms with E-state index in [1.165, 1.54) is 0 Å². The van der Waals surface area contributed by atoms with Crippen LogP contribution in [0.1, 0.15) is 40.5 Å². The van der Waals surface area contributed by atoms with Crippen LogP contribution in [0.15, 0.2) is 0 Å². The first-order valence-corrected chi connectivity index (χ1v) is 5.49. The van der Waals surface area contributed by atoms with Gasteiger partial charge in [-0.1, -0.05) is 13.8 Å². The van der Waals surface area contributed by atoms with Gasteiger partial charge in [-0.25, -0.2) is 0 Å². The molecule has 0 atom stereocenters. The molecule has 0 aromatic heterocycles. The Hall–Kier alpha value is -1.04. The molecular weight excluding hydrogens is 188 g/mol. The van der Waals surface area contributed by atoms with Crippen LogP contribution in [0, 0.1) is 22.2 Å². The molecule has 15 heavy (non-hydrogen) atoms. The van der Waals surface area contributed by atoms with Crippen LogP contribution in [-0.4, -0.2) is 23.9 Å². The van der Waals surface area contributed by atoms with Crippen LogP contribution in [0.2, 0.25) is 0 Å². The summed E-state index contributed by atoms with van der Waals surface area (Å²) in [4.78, 5) is 13.8. The summed E-state index contributed by atoms with van der Waals surface area (Å²) in [7, 11) is 0. The lowest BCUT2D eigenvalue weighted by Crippen LogP contribution is -2.46. The van der Waals surface area contributed by atoms with Crippen molar-refractivity contribution in [3.8, 4) is 6.07 Å². The minimum Gasteiger partial charge on any atom is -0.341 e. The zero-order valence-corrected chi connectivity index (χ0v) is 10.1. The Morgan fingerprint density at radius 3 is 2.20 bits per heavy atom. The fourth-order valence-corrected chi connectivity index (χ4v) is 1.76. The minimum atomic E-state index is -0.874. The number of rotatable bonds is 1. The van der Waals surface area contributed by atoms with Crippen LogP contribution in [0.4, 0.5) is 0 Å². The van der Waals surface area contributed by atoms with Gasteiger partial charge in [0.15, 0.2) is 0 Å². The molecule has 0 N–H and O–H groups in total. The second-order valence-electron chi connectivity index (χ2n) is 5.69. The van der Waals surface area contributed by atoms with Crippen molar-refractivity contribution in [3.63, 3.8) is 0 Å². The third-order valence-electron chi connectivity index (χ3n) is 3.22. The quantitative estimate of drug-likeness (QED) is 0.663. The highest BCUT2D eigenvalue weighted by atomic mass is 16.2. The molecule has 1 fully saturated rings. The van der Waals surface area contributed by atoms with E-state index in [2.05, 4.69) is 19.9 Å². The molecule has 0 unspecified atom stereocenters. The summed E-state index contributed by atoms with van der Waals surface area (Å²) in [6.45, 7) is 9.41. The van der Waals surface area contributed by atoms with Gasteiger partial charge in [0.1, 0.15) is 5.41 Å². The number of nitriles is 1. The van der Waals surface area contributed by atoms with Crippen LogP contribution in [0.25, 0.3) is 0 Å². The van der Waals surface area contributed by atoms with E-state index in [4.69, 9.17) is 5.26 Å². The van der Waals surface area contributed by atoms with Gasteiger partial charge in [0.2, 0.25) is 5.91 Å². The summed E-state index contributed by atoms with van der Waals surface area (Å²) in [6, 6.07) is 2.07. The number of hydrogen-bond acceptors (Lipinski definition) is 2. The number of hydrogen-bond donors (Lipinski definition) is 0. The summed E-state index contributed by atoms with van der Waals surface area (Å²) in [5.74, 6) is -0.0273. The second-order valence-corrected chi connectivity index (χ2v) is 5.69. The third-order valence-corrected chi connectivity index (χ3v) is 3.22. The van der Waals surface area contributed by atoms with E-state index in [0.717, 1.165) is 25.9 Å². The summed E-state index contributed by atoms with van der Waals surface area (Å²) in [5, 5.41) is 8.90. The van der Waals surface area contributed by atoms with Gasteiger partial charge >= 0.3 is 0 Å². The first kappa shape index (κ1) is 12.0. The van der Waals surface area contributed by atoms with Crippen molar-refractivity contribution < 1.29 is 4.79 Å². The highest BCUT2D eigenvalue weighted by Gasteiger charge is 2.35. The van der Waals surface area contributed by atoms with Crippen molar-refractivity contribution in [2.24, 2.45) is 10.8 Å². The average Bonchev–Trinajstić information content (AvgIpc) is 2.17. The maximum atomic E-state index is 12.0. The Morgan fingerprint density at radius 2 is 1.80 bits per heavy atom. The van der Waals surface area contributed by atoms with Gasteiger partial charge in [-0.15, -0.1) is 0 Å². The summed E-state index contributed by atoms with van der Waals surface area (Å²) < 4.78 is 0. The molecule has 1 heterocycles. The molecule has 3 heteroatoms. The van der Waals surface area contributed by atoms with Crippen molar-refractivity contribution >= 4 is 5.91 Å². The SMILES string of the molecule is CC1(C)CCN(C(=O)C(C)(C)C#N)CC1. The van der Waals surface area contributed by atoms with Crippen molar-refractivity contribution in [1.82, 2.24) is 4.90 Å². The molecule has 84 valence electrons. The molecule has 1 aliphatic rings. The van der Waals surface area contributed by atoms with E-state index in [-0.39, 0.29) is 5.91 Å². The van der Waals surface area contributed by atoms with Crippen molar-refractivity contribution in [2.75, 3.05) is 13.1 Å². The molecule has 1 aliphatic heterocycles. The molecule has 1 saturated heterocycles. The average molecular weight is 208 g/mol. The Morgan fingerprint density at radius 1 is 1.33 bits per heavy atom. The van der Waals surface area contributed by atoms with Gasteiger partial charge in [-0.3, -0.25) is 4.79 Å². The van der Waals surface area contributed by atoms with Gasteiger partial charge < -0.3 is 4.90 Å². The minimum absolute atomic E-state index is 0.0273. The molecule has 0 aliphatic carbocycles. The normalized spacial score (nSPS) is 20.9. The zero-order chi connectivity index (χ0) is 11.7. The monoisotopic (exact) mass is 208 g/mol. The standard InChI is InChI=1S/C12H20N2O/c1-11(2)5-7-14(8-6-11)10(15)12(3,4)9-13/h5-8H2,1-4H3. The maximum absolute atomic E-state index is 12.0. The van der Waals surface area contributed by atoms with Crippen LogP contribution in [-0.2, 0) is 4.79 Å². The summed E-state index contributed by atoms with van der Waals surface area (Å²) in [5.41, 5.74) is -0.533. The third kappa shape index (κ3) is 2.71. The molecular formula is C12H20N2O. The van der Waals surface area contributed by atoms with E-state index < -0.39 is 5.41 Å². The van der Waals surface area contributed by atoms with Crippen LogP contribution < -0.4 is 0 Å². The number of carbonyl (C=O) groups excluding carboxylic acids is 1. The van der Waals surface area contributed by atoms with E-state index in [0.29, 0.717) is 5.41 Å². The Kier molecular flexibility index (Phi) is 3.08. The number of carbonyl (C=O) groups is 1. The number of likely N-dealkylation sites (tertiary alicyclic amines) is 1. The largest absolute Gasteiger partial charge is 0.341 e. The van der Waals surface area contributed by atoms with Gasteiger partial charge in [-0.2, -0.15) is 5.26 Å². The van der Waals surface area contributed by atoms with E-state index in [9.17, 15) is 4.79 Å². The number of nitrogens with zero attached hydrogens (tertiary/aromatic N) is 2. The Labute approximate surface area is 92.1 Å². The smallest absolute Gasteiger partial charge is 0.242 e. The van der Waals surface area contributed by atoms with Crippen LogP contribution in [0.3, 0.4) is 0 Å². The predicted octanol–water partition coefficient (Wildman–Crippen LogP) is 2.18. The fourth-order valence-electron chi connectivity index (χ4n) is 1.76. The second kappa shape index (κ2) is 3.84. The van der Waals surface area contributed by atoms with Crippen LogP contribution >= 0.6 is 0 Å². The molecule has 3 nitrogen and oxygen atoms in total. The Balaban J connectivity index is 2.63. The number of amides is 1. The van der Waals surface area contributed by atoms with Crippen molar-refractivity contribution in [1.29, 1.82) is 5.26 Å². The molecule has 0 saturated carbocycles. The summed E-state index contributed by atoms with van der Waals surface area (Å²) in [6.07, 6.45) is 2.06. The first-order chi connectivity index (χ1) is 6.78. The van der Waals surface area contributed by atoms with Gasteiger partial charge in [-0.05, 0) is 32.1 Å². The molecule has 0 aromatic carbocycles. The lowest BCUT2D eigenvalue weighted by molar-refractivity contribution is -0.139. The first-order valence-electron chi connectivity index (χ1n) is 5.49. The van der Waals surface area contributed by atoms with Crippen molar-refractivity contribution in [2.45, 2.75) is 40.5 Å². The fraction of sp³-hybridized carbons (Fsp3) is 0.833. The van der Waals surface area contributed by atoms with Crippen LogP contribution in [0.5, 0.6) is 0 Å². The molecule has 0 spiro atoms. The predicted molar refractivity (Wildman–Crippen MR) is 59.0 cm³/mol. The molecule has 0 aromatic rings. The van der Waals surface area contributed by atoms with Gasteiger partial charge in [0, 0.05) is 13.1 Å². The van der Waals surface area contributed by atoms with E-state index in [1.54, 1.807) is 13.8 Å². The van der Waals surface area contributed by atoms with E-state index >= 15 is 0 Å². The van der Waals surface area contributed by atoms with Gasteiger partial charge in [0.25, 0.3) is 0 Å². The summed E-state index contributed by atoms with van der Waals surface area (Å²) >= 11 is 0. The molecule has 0 bridgehead atoms. The highest BCUT2D eigenvalue weighted by Crippen LogP contribution is 2.31. The van der Waals surface area contributed by atoms with Gasteiger partial charge in [0.05, 0.1) is 6.07 Å². The maximum Gasteiger partial charge on any atom is 0.242 e. The molecule has 0 radical (unpaired) electrons. The Bertz CT molecular complexity index is 289. The highest BCUT2D eigenvalue weighted by molar-refractivity contribution is 5.84. The van der Waals surface area contributed by atoms with E-state index in [1.807, 2.05) is 4.90 Å². The molecule has 1 rings (SSSR count). The number of piperidine rings is 1. The lowest BCUT2D eigenvalue weighted by atomic mass is 9.81.